The van der Waals surface area contributed by atoms with E-state index >= 15 is 8.78 Å². The van der Waals surface area contributed by atoms with Crippen LogP contribution in [0, 0.1) is 206 Å². The molecule has 0 aromatic heterocycles. The number of rotatable bonds is 5. The van der Waals surface area contributed by atoms with Crippen LogP contribution in [0.4, 0.5) is 22.0 Å². The van der Waals surface area contributed by atoms with Crippen LogP contribution < -0.4 is 0 Å². The molecule has 32 unspecified atom stereocenters. The van der Waals surface area contributed by atoms with Gasteiger partial charge in [-0.3, -0.25) is 41.3 Å². The Bertz CT molecular complexity index is 3470. The number of alkyl halides is 5. The zero-order valence-corrected chi connectivity index (χ0v) is 176. The first-order valence-electron chi connectivity index (χ1n) is 46.9. The van der Waals surface area contributed by atoms with Gasteiger partial charge in [-0.1, -0.05) is 229 Å². The van der Waals surface area contributed by atoms with E-state index in [1.807, 2.05) is 159 Å². The number of carbonyl (C=O) groups excluding carboxylic acids is 5. The summed E-state index contributed by atoms with van der Waals surface area (Å²) in [5.41, 5.74) is -8.76. The zero-order chi connectivity index (χ0) is 84.8. The summed E-state index contributed by atoms with van der Waals surface area (Å²) in [5, 5.41) is 0. The van der Waals surface area contributed by atoms with E-state index in [0.717, 1.165) is 110 Å². The van der Waals surface area contributed by atoms with Crippen molar-refractivity contribution in [3.05, 3.63) is 30.6 Å². The fourth-order valence-electron chi connectivity index (χ4n) is 31.0. The molecule has 0 amide bonds. The zero-order valence-electron chi connectivity index (χ0n) is 86.3. The molecule has 0 spiro atoms. The van der Waals surface area contributed by atoms with Crippen molar-refractivity contribution in [1.82, 2.24) is 0 Å². The third kappa shape index (κ3) is 17.6. The summed E-state index contributed by atoms with van der Waals surface area (Å²) in [6.45, 7) is 54.3. The summed E-state index contributed by atoms with van der Waals surface area (Å²) in [7, 11) is 0. The van der Waals surface area contributed by atoms with Crippen LogP contribution in [0.1, 0.15) is 342 Å². The smallest absolute Gasteiger partial charge is 0.378 e. The molecular weight excluding hydrogens is 5180 g/mol. The van der Waals surface area contributed by atoms with Crippen molar-refractivity contribution in [2.75, 3.05) is 0 Å². The average Bonchev–Trinajstić information content (AvgIpc) is 1.49. The van der Waals surface area contributed by atoms with Crippen LogP contribution in [0.5, 0.6) is 0 Å². The van der Waals surface area contributed by atoms with Gasteiger partial charge in [-0.2, -0.15) is 67.9 Å². The Hall–Kier alpha value is -17.0. The molecule has 10 nitrogen and oxygen atoms in total. The molecule has 0 N–H and O–H groups in total. The summed E-state index contributed by atoms with van der Waals surface area (Å²) in [4.78, 5) is 62.6. The summed E-state index contributed by atoms with van der Waals surface area (Å²) < 4.78 is 101. The maximum Gasteiger partial charge on any atom is 0.378 e. The second kappa shape index (κ2) is 37.4. The van der Waals surface area contributed by atoms with Gasteiger partial charge in [0.1, 0.15) is 28.0 Å². The molecule has 0 aromatic rings. The number of hydrogen-bond donors (Lipinski definition) is 0. The molecule has 0 aliphatic heterocycles. The van der Waals surface area contributed by atoms with Crippen molar-refractivity contribution in [3.63, 3.8) is 0 Å². The van der Waals surface area contributed by atoms with E-state index in [2.05, 4.69) is 26.7 Å². The van der Waals surface area contributed by atoms with Crippen molar-refractivity contribution in [2.45, 2.75) is 387 Å². The predicted molar refractivity (Wildman–Crippen MR) is 442 cm³/mol. The summed E-state index contributed by atoms with van der Waals surface area (Å²) >= 11 is 0. The van der Waals surface area contributed by atoms with Gasteiger partial charge >= 0.3 is 24.1 Å². The van der Waals surface area contributed by atoms with Gasteiger partial charge in [0.15, 0.2) is 5.67 Å². The van der Waals surface area contributed by atoms with Gasteiger partial charge in [-0.25, -0.2) is 9.18 Å². The van der Waals surface area contributed by atoms with Crippen LogP contribution in [0.15, 0.2) is 0 Å². The number of halogens is 5. The molecule has 20 fully saturated rings. The molecule has 0 saturated heterocycles. The third-order valence-corrected chi connectivity index (χ3v) is 32.7. The Balaban J connectivity index is -0.000000714. The molecule has 0 heterocycles. The summed E-state index contributed by atoms with van der Waals surface area (Å²) in [6, 6.07) is 0. The van der Waals surface area contributed by atoms with Crippen molar-refractivity contribution in [2.24, 2.45) is 176 Å². The molecule has 0 aromatic carbocycles. The van der Waals surface area contributed by atoms with Gasteiger partial charge in [0.25, 0.3) is 11.9 Å². The number of carbonyl (C=O) groups is 5. The van der Waals surface area contributed by atoms with E-state index in [9.17, 15) is 37.1 Å². The Morgan fingerprint density at radius 3 is 1.11 bits per heavy atom. The topological polar surface area (TPSA) is 132 Å². The SMILES string of the molecule is CC.CC.CC.CC.CC.CC(C)(C)OC(=O)C1(C(F)(F)F)CC2(C)C[C-]1C1C3CCC(C3)C12.CC(C)(C)OC(=O)C1(F)CC2(C)C[C-]1C1C3CCC(C3)C12.CC(C)(C)OC(=O)C1(F)CC2[CH-]C1C1C3CCC(C3)C21.CC(C)(C)OC(=O)C1CC2(C)C[C-]1C1C3CCC(C3)C12.CC(C)(C)OC(=O)C1CC2[CH-]C1C1C3CCC(C3)C21.[Rf].[Rf].[Rf].[Rf].[Rf].[Rf].[Rf].[Rf].[Rf].[Rf].[Rf].[Rf].[Rf].[Rf]. The summed E-state index contributed by atoms with van der Waals surface area (Å²) in [6.07, 6.45) is 24.9. The minimum atomic E-state index is -4.57. The van der Waals surface area contributed by atoms with Gasteiger partial charge < -0.3 is 36.5 Å². The second-order valence-corrected chi connectivity index (χ2v) is 44.9. The first kappa shape index (κ1) is 117. The number of esters is 5. The Kier molecular flexibility index (Phi) is 34.3. The Morgan fingerprint density at radius 2 is 0.680 bits per heavy atom. The van der Waals surface area contributed by atoms with Crippen LogP contribution >= 0.6 is 0 Å². The molecule has 20 saturated carbocycles. The third-order valence-electron chi connectivity index (χ3n) is 32.7. The molecule has 29 heteroatoms. The van der Waals surface area contributed by atoms with Crippen molar-refractivity contribution < 1.29 is 69.6 Å². The largest absolute Gasteiger partial charge is 0.462 e. The molecule has 20 aliphatic rings. The predicted octanol–water partition coefficient (Wildman–Crippen LogP) is 25.2. The van der Waals surface area contributed by atoms with Gasteiger partial charge in [-0.05, 0) is 216 Å². The van der Waals surface area contributed by atoms with Gasteiger partial charge in [0.05, 0.1) is 5.67 Å². The minimum absolute atomic E-state index is 0. The van der Waals surface area contributed by atoms with E-state index in [1.54, 1.807) is 26.7 Å². The van der Waals surface area contributed by atoms with Crippen molar-refractivity contribution in [1.29, 1.82) is 0 Å². The van der Waals surface area contributed by atoms with E-state index < -0.39 is 63.1 Å². The van der Waals surface area contributed by atoms with Crippen LogP contribution in [0.25, 0.3) is 0 Å². The standard InChI is InChI=1S/C19H26F3O2.C18H26FO2.C18H27O2.C17H24FO2.C17H25O2.5C2H6.14Rf/c1-16(2,3)24-15(23)18(19(20,21)22)9-17(4)8-12(18)13-10-5-6-11(7-10)14(13)17;1-16(2,3)21-15(20)18(19)9-17(4)8-12(18)13-10-5-6-11(7-10)14(13)17;1-17(2,3)20-16(19)13-9-18(4)8-12(13)14-10-5-6-11(7-10)15(14)18;1-16(2,3)20-15(19)17(18)8-11-7-12(17)14-10-5-4-9(6-10)13(11)14;1-17(2,3)19-16(18)13-8-11-7-12(13)15-10-5-4-9(6-10)14(11)15;5*1-2;;;;;;;;;;;;;;/h10-11,13-14H,5-9H2,1-4H3;10-11,13-14H,5-9H2,1-4H3;10-11,13-15H,5-9H2,1-4H3;7,9-14H,4-6,8H2,1-3H3;7,9-15H,4-6,8H2,1-3H3;5*1-2H3;;;;;;;;;;;;;;/q5*-1;;;;;;;;;;;;;;;;;;;. The van der Waals surface area contributed by atoms with E-state index in [0.29, 0.717) is 95.7 Å². The van der Waals surface area contributed by atoms with E-state index in [-0.39, 0.29) is 58.6 Å². The van der Waals surface area contributed by atoms with Crippen LogP contribution in [-0.2, 0) is 47.7 Å². The van der Waals surface area contributed by atoms with Gasteiger partial charge in [-0.15, -0.1) is 5.92 Å². The van der Waals surface area contributed by atoms with E-state index in [1.165, 1.54) is 83.5 Å². The van der Waals surface area contributed by atoms with Gasteiger partial charge in [0, 0.05) is 11.3 Å². The molecule has 20 aliphatic carbocycles. The molecule has 128 heavy (non-hydrogen) atoms. The van der Waals surface area contributed by atoms with Crippen LogP contribution in [0.2, 0.25) is 0 Å². The maximum atomic E-state index is 15.6. The monoisotopic (exact) mass is 5340 g/mol. The number of hydrogen-bond acceptors (Lipinski definition) is 10. The molecule has 20 rings (SSSR count). The van der Waals surface area contributed by atoms with Crippen molar-refractivity contribution >= 4 is 29.8 Å². The quantitative estimate of drug-likeness (QED) is 0.0862. The fourth-order valence-corrected chi connectivity index (χ4v) is 31.0. The second-order valence-electron chi connectivity index (χ2n) is 44.9. The molecule has 32 atom stereocenters. The molecular formula is C99H158F5O10Rf14-5. The maximum absolute atomic E-state index is 15.6. The number of ether oxygens (including phenoxy) is 5. The van der Waals surface area contributed by atoms with Crippen LogP contribution in [0.3, 0.4) is 0 Å². The Labute approximate surface area is 689 Å². The molecule has 20 bridgehead atoms. The minimum Gasteiger partial charge on any atom is -0.462 e. The summed E-state index contributed by atoms with van der Waals surface area (Å²) in [5.74, 6) is 15.9. The fraction of sp³-hybridized carbons (Fsp3) is 0.899. The Morgan fingerprint density at radius 1 is 0.344 bits per heavy atom. The average molecular weight is 5340 g/mol. The normalized spacial score (nSPS) is 41.0. The van der Waals surface area contributed by atoms with Crippen LogP contribution in [-0.4, -0.2) is 75.4 Å². The van der Waals surface area contributed by atoms with Crippen molar-refractivity contribution in [3.8, 4) is 0 Å². The number of fused-ring (bicyclic) bond motifs is 45. The molecule has 0 radical (unpaired) electrons. The van der Waals surface area contributed by atoms with Gasteiger partial charge in [0.2, 0.25) is 0 Å². The first-order chi connectivity index (χ1) is 53.0. The van der Waals surface area contributed by atoms with E-state index in [4.69, 9.17) is 23.7 Å². The molecule has 682 valence electrons. The first-order valence-corrected chi connectivity index (χ1v) is 46.9.